The zero-order chi connectivity index (χ0) is 17.5. The second kappa shape index (κ2) is 8.34. The van der Waals surface area contributed by atoms with Crippen LogP contribution in [0.3, 0.4) is 0 Å². The standard InChI is InChI=1S/C21H25NO2/c1-6-16-10-9-11-18(12-16)24-15(4)19-14-21(23-5)17(7-2)13-20(19)22-8-3/h8-14H,4,6-7H2,1-3,5H3/b22-8-. The predicted molar refractivity (Wildman–Crippen MR) is 102 cm³/mol. The highest BCUT2D eigenvalue weighted by Gasteiger charge is 2.13. The van der Waals surface area contributed by atoms with Gasteiger partial charge >= 0.3 is 0 Å². The summed E-state index contributed by atoms with van der Waals surface area (Å²) >= 11 is 0. The summed E-state index contributed by atoms with van der Waals surface area (Å²) in [6.07, 6.45) is 3.62. The van der Waals surface area contributed by atoms with Crippen molar-refractivity contribution in [3.8, 4) is 11.5 Å². The SMILES string of the molecule is C=C(Oc1cccc(CC)c1)c1cc(OC)c(CC)cc1/N=C\C. The summed E-state index contributed by atoms with van der Waals surface area (Å²) < 4.78 is 11.5. The van der Waals surface area contributed by atoms with Crippen molar-refractivity contribution in [1.82, 2.24) is 0 Å². The van der Waals surface area contributed by atoms with E-state index in [-0.39, 0.29) is 0 Å². The normalized spacial score (nSPS) is 10.8. The molecule has 0 bridgehead atoms. The van der Waals surface area contributed by atoms with E-state index in [1.54, 1.807) is 13.3 Å². The van der Waals surface area contributed by atoms with Gasteiger partial charge in [-0.1, -0.05) is 32.6 Å². The van der Waals surface area contributed by atoms with E-state index in [0.717, 1.165) is 41.2 Å². The lowest BCUT2D eigenvalue weighted by molar-refractivity contribution is 0.409. The summed E-state index contributed by atoms with van der Waals surface area (Å²) in [5.41, 5.74) is 4.02. The Morgan fingerprint density at radius 1 is 1.17 bits per heavy atom. The number of aliphatic imine (C=N–C) groups is 1. The van der Waals surface area contributed by atoms with Crippen molar-refractivity contribution in [2.45, 2.75) is 33.6 Å². The van der Waals surface area contributed by atoms with Crippen molar-refractivity contribution in [3.63, 3.8) is 0 Å². The molecule has 3 nitrogen and oxygen atoms in total. The van der Waals surface area contributed by atoms with Crippen LogP contribution in [0.25, 0.3) is 5.76 Å². The van der Waals surface area contributed by atoms with Crippen LogP contribution in [-0.4, -0.2) is 13.3 Å². The van der Waals surface area contributed by atoms with Gasteiger partial charge in [-0.05, 0) is 55.2 Å². The number of nitrogens with zero attached hydrogens (tertiary/aromatic N) is 1. The van der Waals surface area contributed by atoms with Crippen molar-refractivity contribution >= 4 is 17.7 Å². The number of aryl methyl sites for hydroxylation is 2. The average Bonchev–Trinajstić information content (AvgIpc) is 2.61. The van der Waals surface area contributed by atoms with Gasteiger partial charge in [0.2, 0.25) is 0 Å². The van der Waals surface area contributed by atoms with Gasteiger partial charge in [-0.15, -0.1) is 0 Å². The van der Waals surface area contributed by atoms with E-state index in [0.29, 0.717) is 5.76 Å². The Labute approximate surface area is 144 Å². The van der Waals surface area contributed by atoms with Crippen LogP contribution < -0.4 is 9.47 Å². The van der Waals surface area contributed by atoms with Gasteiger partial charge in [0.05, 0.1) is 12.8 Å². The number of ether oxygens (including phenoxy) is 2. The van der Waals surface area contributed by atoms with Crippen LogP contribution in [0.1, 0.15) is 37.5 Å². The summed E-state index contributed by atoms with van der Waals surface area (Å²) in [5, 5.41) is 0. The van der Waals surface area contributed by atoms with Gasteiger partial charge in [-0.2, -0.15) is 0 Å². The number of rotatable bonds is 7. The monoisotopic (exact) mass is 323 g/mol. The number of methoxy groups -OCH3 is 1. The lowest BCUT2D eigenvalue weighted by Crippen LogP contribution is -1.98. The van der Waals surface area contributed by atoms with Gasteiger partial charge in [-0.3, -0.25) is 4.99 Å². The molecule has 0 atom stereocenters. The number of benzene rings is 2. The third-order valence-corrected chi connectivity index (χ3v) is 3.90. The molecule has 0 N–H and O–H groups in total. The Kier molecular flexibility index (Phi) is 6.19. The van der Waals surface area contributed by atoms with E-state index in [1.807, 2.05) is 37.3 Å². The van der Waals surface area contributed by atoms with Crippen molar-refractivity contribution in [3.05, 3.63) is 59.7 Å². The molecule has 0 heterocycles. The van der Waals surface area contributed by atoms with Crippen LogP contribution in [0.15, 0.2) is 48.0 Å². The zero-order valence-corrected chi connectivity index (χ0v) is 14.9. The Bertz CT molecular complexity index is 747. The highest BCUT2D eigenvalue weighted by atomic mass is 16.5. The van der Waals surface area contributed by atoms with Crippen LogP contribution in [0.2, 0.25) is 0 Å². The van der Waals surface area contributed by atoms with Gasteiger partial charge in [0, 0.05) is 11.8 Å². The fraction of sp³-hybridized carbons (Fsp3) is 0.286. The topological polar surface area (TPSA) is 30.8 Å². The quantitative estimate of drug-likeness (QED) is 0.491. The highest BCUT2D eigenvalue weighted by Crippen LogP contribution is 2.34. The third kappa shape index (κ3) is 4.05. The molecule has 0 spiro atoms. The molecule has 0 aliphatic carbocycles. The van der Waals surface area contributed by atoms with Crippen LogP contribution in [0.5, 0.6) is 11.5 Å². The molecule has 0 aromatic heterocycles. The summed E-state index contributed by atoms with van der Waals surface area (Å²) in [6.45, 7) is 10.2. The van der Waals surface area contributed by atoms with Crippen molar-refractivity contribution in [1.29, 1.82) is 0 Å². The van der Waals surface area contributed by atoms with Gasteiger partial charge in [-0.25, -0.2) is 0 Å². The molecular weight excluding hydrogens is 298 g/mol. The number of hydrogen-bond acceptors (Lipinski definition) is 3. The van der Waals surface area contributed by atoms with E-state index in [1.165, 1.54) is 5.56 Å². The first-order valence-corrected chi connectivity index (χ1v) is 8.28. The van der Waals surface area contributed by atoms with E-state index in [2.05, 4.69) is 31.5 Å². The lowest BCUT2D eigenvalue weighted by atomic mass is 10.0. The molecule has 0 amide bonds. The van der Waals surface area contributed by atoms with E-state index >= 15 is 0 Å². The molecule has 2 rings (SSSR count). The second-order valence-corrected chi connectivity index (χ2v) is 5.45. The number of hydrogen-bond donors (Lipinski definition) is 0. The average molecular weight is 323 g/mol. The summed E-state index contributed by atoms with van der Waals surface area (Å²) in [4.78, 5) is 4.47. The summed E-state index contributed by atoms with van der Waals surface area (Å²) in [6, 6.07) is 12.0. The third-order valence-electron chi connectivity index (χ3n) is 3.90. The zero-order valence-electron chi connectivity index (χ0n) is 14.9. The molecule has 126 valence electrons. The highest BCUT2D eigenvalue weighted by molar-refractivity contribution is 5.76. The first-order chi connectivity index (χ1) is 11.6. The van der Waals surface area contributed by atoms with E-state index in [9.17, 15) is 0 Å². The Balaban J connectivity index is 2.39. The minimum atomic E-state index is 0.560. The molecule has 2 aromatic carbocycles. The first-order valence-electron chi connectivity index (χ1n) is 8.28. The first kappa shape index (κ1) is 17.8. The van der Waals surface area contributed by atoms with Gasteiger partial charge in [0.1, 0.15) is 17.3 Å². The maximum Gasteiger partial charge on any atom is 0.129 e. The van der Waals surface area contributed by atoms with Crippen molar-refractivity contribution < 1.29 is 9.47 Å². The second-order valence-electron chi connectivity index (χ2n) is 5.45. The predicted octanol–water partition coefficient (Wildman–Crippen LogP) is 5.59. The van der Waals surface area contributed by atoms with Gasteiger partial charge < -0.3 is 9.47 Å². The molecule has 3 heteroatoms. The molecule has 0 radical (unpaired) electrons. The molecule has 0 aliphatic heterocycles. The molecule has 2 aromatic rings. The van der Waals surface area contributed by atoms with Gasteiger partial charge in [0.15, 0.2) is 0 Å². The molecular formula is C21H25NO2. The smallest absolute Gasteiger partial charge is 0.129 e. The minimum absolute atomic E-state index is 0.560. The van der Waals surface area contributed by atoms with Crippen LogP contribution >= 0.6 is 0 Å². The Morgan fingerprint density at radius 3 is 2.58 bits per heavy atom. The fourth-order valence-corrected chi connectivity index (χ4v) is 2.57. The van der Waals surface area contributed by atoms with Crippen LogP contribution in [0.4, 0.5) is 5.69 Å². The van der Waals surface area contributed by atoms with Crippen molar-refractivity contribution in [2.24, 2.45) is 4.99 Å². The summed E-state index contributed by atoms with van der Waals surface area (Å²) in [5.74, 6) is 2.17. The lowest BCUT2D eigenvalue weighted by Gasteiger charge is -2.15. The molecule has 0 saturated carbocycles. The maximum absolute atomic E-state index is 5.98. The Morgan fingerprint density at radius 2 is 1.96 bits per heavy atom. The van der Waals surface area contributed by atoms with Crippen LogP contribution in [-0.2, 0) is 12.8 Å². The molecule has 0 unspecified atom stereocenters. The van der Waals surface area contributed by atoms with E-state index in [4.69, 9.17) is 9.47 Å². The van der Waals surface area contributed by atoms with E-state index < -0.39 is 0 Å². The largest absolute Gasteiger partial charge is 0.496 e. The molecule has 0 fully saturated rings. The van der Waals surface area contributed by atoms with Gasteiger partial charge in [0.25, 0.3) is 0 Å². The molecule has 0 aliphatic rings. The van der Waals surface area contributed by atoms with Crippen LogP contribution in [0, 0.1) is 0 Å². The maximum atomic E-state index is 5.98. The fourth-order valence-electron chi connectivity index (χ4n) is 2.57. The molecule has 0 saturated heterocycles. The summed E-state index contributed by atoms with van der Waals surface area (Å²) in [7, 11) is 1.68. The van der Waals surface area contributed by atoms with Crippen molar-refractivity contribution in [2.75, 3.05) is 7.11 Å². The minimum Gasteiger partial charge on any atom is -0.496 e. The molecule has 24 heavy (non-hydrogen) atoms. The Hall–Kier alpha value is -2.55.